The first-order valence-electron chi connectivity index (χ1n) is 5.87. The molecule has 0 aromatic carbocycles. The number of hydrogen-bond acceptors (Lipinski definition) is 3. The van der Waals surface area contributed by atoms with Gasteiger partial charge in [0.15, 0.2) is 0 Å². The zero-order valence-corrected chi connectivity index (χ0v) is 9.15. The van der Waals surface area contributed by atoms with E-state index in [-0.39, 0.29) is 0 Å². The van der Waals surface area contributed by atoms with Crippen molar-refractivity contribution in [3.05, 3.63) is 0 Å². The van der Waals surface area contributed by atoms with Gasteiger partial charge in [0.05, 0.1) is 6.61 Å². The highest BCUT2D eigenvalue weighted by atomic mass is 16.3. The molecule has 1 saturated carbocycles. The molecule has 0 amide bonds. The van der Waals surface area contributed by atoms with Crippen LogP contribution in [0.2, 0.25) is 0 Å². The Morgan fingerprint density at radius 2 is 2.07 bits per heavy atom. The third-order valence-corrected chi connectivity index (χ3v) is 3.45. The van der Waals surface area contributed by atoms with E-state index >= 15 is 0 Å². The Morgan fingerprint density at radius 3 is 2.64 bits per heavy atom. The van der Waals surface area contributed by atoms with E-state index in [1.165, 1.54) is 32.5 Å². The highest BCUT2D eigenvalue weighted by Gasteiger charge is 2.28. The van der Waals surface area contributed by atoms with Crippen LogP contribution in [-0.2, 0) is 0 Å². The molecule has 2 rings (SSSR count). The molecule has 0 spiro atoms. The summed E-state index contributed by atoms with van der Waals surface area (Å²) in [6.07, 6.45) is 2.90. The number of aliphatic hydroxyl groups is 1. The third kappa shape index (κ3) is 2.69. The molecule has 3 heteroatoms. The standard InChI is InChI=1S/C11H22N2O/c1-10-8-12(9-11-2-3-11)4-5-13(10)6-7-14/h10-11,14H,2-9H2,1H3/t10-/m1/s1. The molecule has 1 aliphatic carbocycles. The van der Waals surface area contributed by atoms with Crippen molar-refractivity contribution in [1.29, 1.82) is 0 Å². The number of hydrogen-bond donors (Lipinski definition) is 1. The Bertz CT molecular complexity index is 182. The van der Waals surface area contributed by atoms with Gasteiger partial charge in [0.25, 0.3) is 0 Å². The smallest absolute Gasteiger partial charge is 0.0558 e. The molecule has 0 aromatic heterocycles. The van der Waals surface area contributed by atoms with Gasteiger partial charge in [0.1, 0.15) is 0 Å². The lowest BCUT2D eigenvalue weighted by molar-refractivity contribution is 0.0662. The molecule has 1 aliphatic heterocycles. The first-order chi connectivity index (χ1) is 6.79. The van der Waals surface area contributed by atoms with E-state index < -0.39 is 0 Å². The predicted octanol–water partition coefficient (Wildman–Crippen LogP) is 0.395. The van der Waals surface area contributed by atoms with E-state index in [4.69, 9.17) is 5.11 Å². The Kier molecular flexibility index (Phi) is 3.42. The number of piperazine rings is 1. The van der Waals surface area contributed by atoms with Crippen LogP contribution < -0.4 is 0 Å². The van der Waals surface area contributed by atoms with Crippen LogP contribution in [-0.4, -0.2) is 60.3 Å². The normalized spacial score (nSPS) is 30.9. The summed E-state index contributed by atoms with van der Waals surface area (Å²) in [5.41, 5.74) is 0. The molecular weight excluding hydrogens is 176 g/mol. The summed E-state index contributed by atoms with van der Waals surface area (Å²) < 4.78 is 0. The molecular formula is C11H22N2O. The van der Waals surface area contributed by atoms with E-state index in [1.807, 2.05) is 0 Å². The van der Waals surface area contributed by atoms with Gasteiger partial charge in [-0.3, -0.25) is 4.90 Å². The van der Waals surface area contributed by atoms with Crippen molar-refractivity contribution in [1.82, 2.24) is 9.80 Å². The molecule has 2 aliphatic rings. The minimum Gasteiger partial charge on any atom is -0.395 e. The number of nitrogens with zero attached hydrogens (tertiary/aromatic N) is 2. The second-order valence-corrected chi connectivity index (χ2v) is 4.81. The first kappa shape index (κ1) is 10.4. The van der Waals surface area contributed by atoms with Gasteiger partial charge >= 0.3 is 0 Å². The van der Waals surface area contributed by atoms with Gasteiger partial charge in [0, 0.05) is 38.8 Å². The molecule has 1 saturated heterocycles. The lowest BCUT2D eigenvalue weighted by atomic mass is 10.2. The lowest BCUT2D eigenvalue weighted by Gasteiger charge is -2.39. The second kappa shape index (κ2) is 4.60. The zero-order valence-electron chi connectivity index (χ0n) is 9.15. The Balaban J connectivity index is 1.73. The summed E-state index contributed by atoms with van der Waals surface area (Å²) in [6, 6.07) is 0.620. The van der Waals surface area contributed by atoms with Crippen molar-refractivity contribution in [2.75, 3.05) is 39.3 Å². The second-order valence-electron chi connectivity index (χ2n) is 4.81. The minimum absolute atomic E-state index is 0.299. The van der Waals surface area contributed by atoms with E-state index in [0.29, 0.717) is 12.6 Å². The van der Waals surface area contributed by atoms with Crippen LogP contribution in [0.4, 0.5) is 0 Å². The summed E-state index contributed by atoms with van der Waals surface area (Å²) in [5, 5.41) is 8.90. The van der Waals surface area contributed by atoms with Crippen LogP contribution in [0.1, 0.15) is 19.8 Å². The molecule has 1 heterocycles. The van der Waals surface area contributed by atoms with Crippen molar-refractivity contribution < 1.29 is 5.11 Å². The van der Waals surface area contributed by atoms with Crippen molar-refractivity contribution in [2.45, 2.75) is 25.8 Å². The topological polar surface area (TPSA) is 26.7 Å². The zero-order chi connectivity index (χ0) is 9.97. The molecule has 0 radical (unpaired) electrons. The summed E-state index contributed by atoms with van der Waals surface area (Å²) in [7, 11) is 0. The molecule has 0 aromatic rings. The molecule has 2 fully saturated rings. The first-order valence-corrected chi connectivity index (χ1v) is 5.87. The summed E-state index contributed by atoms with van der Waals surface area (Å²) >= 11 is 0. The van der Waals surface area contributed by atoms with Crippen molar-refractivity contribution in [3.8, 4) is 0 Å². The summed E-state index contributed by atoms with van der Waals surface area (Å²) in [4.78, 5) is 4.99. The average molecular weight is 198 g/mol. The quantitative estimate of drug-likeness (QED) is 0.708. The van der Waals surface area contributed by atoms with Crippen LogP contribution in [0.25, 0.3) is 0 Å². The van der Waals surface area contributed by atoms with Gasteiger partial charge in [-0.15, -0.1) is 0 Å². The fourth-order valence-electron chi connectivity index (χ4n) is 2.36. The largest absolute Gasteiger partial charge is 0.395 e. The molecule has 3 nitrogen and oxygen atoms in total. The molecule has 82 valence electrons. The van der Waals surface area contributed by atoms with Crippen LogP contribution in [0.5, 0.6) is 0 Å². The van der Waals surface area contributed by atoms with Gasteiger partial charge < -0.3 is 10.0 Å². The maximum absolute atomic E-state index is 8.90. The number of rotatable bonds is 4. The molecule has 0 bridgehead atoms. The number of aliphatic hydroxyl groups excluding tert-OH is 1. The maximum atomic E-state index is 8.90. The number of β-amino-alcohol motifs (C(OH)–C–C–N with tert-alkyl or cyclic N) is 1. The van der Waals surface area contributed by atoms with Crippen LogP contribution in [0.15, 0.2) is 0 Å². The average Bonchev–Trinajstić information content (AvgIpc) is 2.94. The van der Waals surface area contributed by atoms with Crippen LogP contribution in [0, 0.1) is 5.92 Å². The third-order valence-electron chi connectivity index (χ3n) is 3.45. The Hall–Kier alpha value is -0.120. The van der Waals surface area contributed by atoms with Gasteiger partial charge in [-0.25, -0.2) is 0 Å². The van der Waals surface area contributed by atoms with Gasteiger partial charge in [-0.2, -0.15) is 0 Å². The highest BCUT2D eigenvalue weighted by molar-refractivity contribution is 4.83. The molecule has 1 atom stereocenters. The highest BCUT2D eigenvalue weighted by Crippen LogP contribution is 2.30. The van der Waals surface area contributed by atoms with Crippen LogP contribution in [0.3, 0.4) is 0 Å². The Labute approximate surface area is 86.7 Å². The van der Waals surface area contributed by atoms with Crippen LogP contribution >= 0.6 is 0 Å². The van der Waals surface area contributed by atoms with Gasteiger partial charge in [0.2, 0.25) is 0 Å². The Morgan fingerprint density at radius 1 is 1.29 bits per heavy atom. The van der Waals surface area contributed by atoms with Crippen molar-refractivity contribution in [3.63, 3.8) is 0 Å². The fraction of sp³-hybridized carbons (Fsp3) is 1.00. The van der Waals surface area contributed by atoms with E-state index in [2.05, 4.69) is 16.7 Å². The van der Waals surface area contributed by atoms with E-state index in [9.17, 15) is 0 Å². The molecule has 1 N–H and O–H groups in total. The predicted molar refractivity (Wildman–Crippen MR) is 57.3 cm³/mol. The van der Waals surface area contributed by atoms with Crippen molar-refractivity contribution >= 4 is 0 Å². The lowest BCUT2D eigenvalue weighted by Crippen LogP contribution is -2.52. The van der Waals surface area contributed by atoms with Gasteiger partial charge in [-0.05, 0) is 25.7 Å². The molecule has 0 unspecified atom stereocenters. The van der Waals surface area contributed by atoms with Gasteiger partial charge in [-0.1, -0.05) is 0 Å². The maximum Gasteiger partial charge on any atom is 0.0558 e. The summed E-state index contributed by atoms with van der Waals surface area (Å²) in [6.45, 7) is 8.25. The fourth-order valence-corrected chi connectivity index (χ4v) is 2.36. The SMILES string of the molecule is C[C@@H]1CN(CC2CC2)CCN1CCO. The van der Waals surface area contributed by atoms with E-state index in [0.717, 1.165) is 19.0 Å². The van der Waals surface area contributed by atoms with E-state index in [1.54, 1.807) is 0 Å². The van der Waals surface area contributed by atoms with Crippen molar-refractivity contribution in [2.24, 2.45) is 5.92 Å². The summed E-state index contributed by atoms with van der Waals surface area (Å²) in [5.74, 6) is 1.01. The minimum atomic E-state index is 0.299. The monoisotopic (exact) mass is 198 g/mol. The molecule has 14 heavy (non-hydrogen) atoms.